The molecule has 0 radical (unpaired) electrons. The normalized spacial score (nSPS) is 15.0. The van der Waals surface area contributed by atoms with E-state index in [-0.39, 0.29) is 5.91 Å². The number of halogens is 1. The van der Waals surface area contributed by atoms with Crippen LogP contribution in [0.25, 0.3) is 6.08 Å². The lowest BCUT2D eigenvalue weighted by Crippen LogP contribution is -2.32. The van der Waals surface area contributed by atoms with E-state index >= 15 is 0 Å². The van der Waals surface area contributed by atoms with Crippen LogP contribution in [-0.4, -0.2) is 18.9 Å². The summed E-state index contributed by atoms with van der Waals surface area (Å²) in [5.41, 5.74) is 3.79. The Morgan fingerprint density at radius 1 is 1.00 bits per heavy atom. The van der Waals surface area contributed by atoms with Gasteiger partial charge in [-0.15, -0.1) is 0 Å². The second-order valence-corrected chi connectivity index (χ2v) is 7.13. The summed E-state index contributed by atoms with van der Waals surface area (Å²) >= 11 is 6.04. The molecule has 1 heterocycles. The van der Waals surface area contributed by atoms with Crippen LogP contribution in [0.5, 0.6) is 5.75 Å². The van der Waals surface area contributed by atoms with Gasteiger partial charge in [-0.3, -0.25) is 9.69 Å². The average molecular weight is 403 g/mol. The predicted octanol–water partition coefficient (Wildman–Crippen LogP) is 5.49. The second kappa shape index (κ2) is 7.94. The maximum atomic E-state index is 13.3. The molecule has 0 saturated carbocycles. The van der Waals surface area contributed by atoms with E-state index in [0.717, 1.165) is 22.4 Å². The minimum Gasteiger partial charge on any atom is -0.496 e. The summed E-state index contributed by atoms with van der Waals surface area (Å²) in [5, 5.41) is 0.630. The molecule has 0 saturated heterocycles. The Morgan fingerprint density at radius 2 is 1.76 bits per heavy atom. The van der Waals surface area contributed by atoms with Gasteiger partial charge in [0.05, 0.1) is 12.8 Å². The number of hydrogen-bond donors (Lipinski definition) is 0. The lowest BCUT2D eigenvalue weighted by atomic mass is 10.1. The van der Waals surface area contributed by atoms with E-state index in [1.165, 1.54) is 0 Å². The Labute approximate surface area is 174 Å². The standard InChI is InChI=1S/C24H19ClN2O2/c1-16-6-5-8-20(14-16)27-23(17-10-12-19(25)13-11-17)26-21(24(27)28)15-18-7-3-4-9-22(18)29-2/h3-15H,1-2H3/b21-15+. The van der Waals surface area contributed by atoms with E-state index in [9.17, 15) is 4.79 Å². The molecule has 0 aromatic heterocycles. The number of nitrogens with zero attached hydrogens (tertiary/aromatic N) is 2. The second-order valence-electron chi connectivity index (χ2n) is 6.69. The van der Waals surface area contributed by atoms with Gasteiger partial charge in [-0.05, 0) is 61.0 Å². The minimum atomic E-state index is -0.188. The van der Waals surface area contributed by atoms with Crippen molar-refractivity contribution in [3.63, 3.8) is 0 Å². The van der Waals surface area contributed by atoms with Gasteiger partial charge in [-0.1, -0.05) is 41.9 Å². The molecule has 0 fully saturated rings. The molecule has 29 heavy (non-hydrogen) atoms. The number of benzene rings is 3. The number of carbonyl (C=O) groups excluding carboxylic acids is 1. The zero-order chi connectivity index (χ0) is 20.4. The van der Waals surface area contributed by atoms with Gasteiger partial charge in [-0.2, -0.15) is 0 Å². The van der Waals surface area contributed by atoms with Crippen molar-refractivity contribution in [3.8, 4) is 5.75 Å². The van der Waals surface area contributed by atoms with Crippen LogP contribution in [0.15, 0.2) is 83.5 Å². The fourth-order valence-corrected chi connectivity index (χ4v) is 3.37. The maximum absolute atomic E-state index is 13.3. The van der Waals surface area contributed by atoms with Gasteiger partial charge in [0.2, 0.25) is 0 Å². The third kappa shape index (κ3) is 3.80. The molecular weight excluding hydrogens is 384 g/mol. The smallest absolute Gasteiger partial charge is 0.282 e. The first-order valence-electron chi connectivity index (χ1n) is 9.17. The van der Waals surface area contributed by atoms with Crippen LogP contribution in [0.3, 0.4) is 0 Å². The van der Waals surface area contributed by atoms with Crippen molar-refractivity contribution in [2.75, 3.05) is 12.0 Å². The Bertz CT molecular complexity index is 1130. The van der Waals surface area contributed by atoms with Crippen molar-refractivity contribution in [1.29, 1.82) is 0 Å². The SMILES string of the molecule is COc1ccccc1/C=C1/N=C(c2ccc(Cl)cc2)N(c2cccc(C)c2)C1=O. The van der Waals surface area contributed by atoms with Gasteiger partial charge in [0, 0.05) is 16.1 Å². The number of carbonyl (C=O) groups is 1. The largest absolute Gasteiger partial charge is 0.496 e. The fraction of sp³-hybridized carbons (Fsp3) is 0.0833. The molecule has 3 aromatic carbocycles. The molecule has 4 rings (SSSR count). The molecule has 4 nitrogen and oxygen atoms in total. The molecule has 1 amide bonds. The summed E-state index contributed by atoms with van der Waals surface area (Å²) in [5.74, 6) is 1.06. The Hall–Kier alpha value is -3.37. The lowest BCUT2D eigenvalue weighted by Gasteiger charge is -2.19. The first kappa shape index (κ1) is 19.0. The maximum Gasteiger partial charge on any atom is 0.282 e. The lowest BCUT2D eigenvalue weighted by molar-refractivity contribution is -0.113. The third-order valence-corrected chi connectivity index (χ3v) is 4.91. The topological polar surface area (TPSA) is 41.9 Å². The highest BCUT2D eigenvalue weighted by molar-refractivity contribution is 6.34. The molecule has 1 aliphatic heterocycles. The molecule has 0 aliphatic carbocycles. The number of ether oxygens (including phenoxy) is 1. The van der Waals surface area contributed by atoms with Crippen molar-refractivity contribution in [3.05, 3.63) is 100 Å². The number of amides is 1. The van der Waals surface area contributed by atoms with E-state index < -0.39 is 0 Å². The highest BCUT2D eigenvalue weighted by Gasteiger charge is 2.32. The zero-order valence-electron chi connectivity index (χ0n) is 16.1. The van der Waals surface area contributed by atoms with Gasteiger partial charge < -0.3 is 4.74 Å². The summed E-state index contributed by atoms with van der Waals surface area (Å²) in [4.78, 5) is 19.7. The van der Waals surface area contributed by atoms with Crippen molar-refractivity contribution >= 4 is 35.1 Å². The van der Waals surface area contributed by atoms with Crippen molar-refractivity contribution in [2.45, 2.75) is 6.92 Å². The average Bonchev–Trinajstić information content (AvgIpc) is 3.05. The Morgan fingerprint density at radius 3 is 2.48 bits per heavy atom. The van der Waals surface area contributed by atoms with Crippen molar-refractivity contribution in [1.82, 2.24) is 0 Å². The predicted molar refractivity (Wildman–Crippen MR) is 118 cm³/mol. The van der Waals surface area contributed by atoms with Crippen molar-refractivity contribution in [2.24, 2.45) is 4.99 Å². The number of hydrogen-bond acceptors (Lipinski definition) is 3. The first-order chi connectivity index (χ1) is 14.1. The third-order valence-electron chi connectivity index (χ3n) is 4.65. The van der Waals surface area contributed by atoms with Crippen LogP contribution in [0.4, 0.5) is 5.69 Å². The van der Waals surface area contributed by atoms with E-state index in [2.05, 4.69) is 4.99 Å². The molecule has 1 aliphatic rings. The number of rotatable bonds is 4. The Kier molecular flexibility index (Phi) is 5.19. The van der Waals surface area contributed by atoms with Crippen molar-refractivity contribution < 1.29 is 9.53 Å². The summed E-state index contributed by atoms with van der Waals surface area (Å²) < 4.78 is 5.41. The molecule has 144 valence electrons. The Balaban J connectivity index is 1.85. The van der Waals surface area contributed by atoms with Gasteiger partial charge >= 0.3 is 0 Å². The summed E-state index contributed by atoms with van der Waals surface area (Å²) in [6, 6.07) is 22.6. The number of aryl methyl sites for hydroxylation is 1. The highest BCUT2D eigenvalue weighted by Crippen LogP contribution is 2.30. The molecule has 0 unspecified atom stereocenters. The van der Waals surface area contributed by atoms with E-state index in [1.54, 1.807) is 30.2 Å². The monoisotopic (exact) mass is 402 g/mol. The van der Waals surface area contributed by atoms with Crippen LogP contribution in [0.2, 0.25) is 5.02 Å². The molecule has 5 heteroatoms. The molecular formula is C24H19ClN2O2. The summed E-state index contributed by atoms with van der Waals surface area (Å²) in [6.07, 6.45) is 1.76. The quantitative estimate of drug-likeness (QED) is 0.541. The van der Waals surface area contributed by atoms with Gasteiger partial charge in [-0.25, -0.2) is 4.99 Å². The minimum absolute atomic E-state index is 0.188. The zero-order valence-corrected chi connectivity index (χ0v) is 16.9. The number of aliphatic imine (C=N–C) groups is 1. The molecule has 0 bridgehead atoms. The van der Waals surface area contributed by atoms with Crippen LogP contribution >= 0.6 is 11.6 Å². The van der Waals surface area contributed by atoms with Crippen LogP contribution in [-0.2, 0) is 4.79 Å². The fourth-order valence-electron chi connectivity index (χ4n) is 3.25. The molecule has 0 spiro atoms. The summed E-state index contributed by atoms with van der Waals surface area (Å²) in [7, 11) is 1.61. The number of para-hydroxylation sites is 1. The van der Waals surface area contributed by atoms with E-state index in [4.69, 9.17) is 16.3 Å². The van der Waals surface area contributed by atoms with Crippen LogP contribution in [0, 0.1) is 6.92 Å². The van der Waals surface area contributed by atoms with Gasteiger partial charge in [0.1, 0.15) is 17.3 Å². The molecule has 3 aromatic rings. The number of methoxy groups -OCH3 is 1. The van der Waals surface area contributed by atoms with E-state index in [0.29, 0.717) is 22.3 Å². The van der Waals surface area contributed by atoms with Crippen LogP contribution in [0.1, 0.15) is 16.7 Å². The molecule has 0 atom stereocenters. The summed E-state index contributed by atoms with van der Waals surface area (Å²) in [6.45, 7) is 1.99. The molecule has 0 N–H and O–H groups in total. The van der Waals surface area contributed by atoms with Gasteiger partial charge in [0.15, 0.2) is 0 Å². The first-order valence-corrected chi connectivity index (χ1v) is 9.55. The van der Waals surface area contributed by atoms with Gasteiger partial charge in [0.25, 0.3) is 5.91 Å². The highest BCUT2D eigenvalue weighted by atomic mass is 35.5. The van der Waals surface area contributed by atoms with Crippen LogP contribution < -0.4 is 9.64 Å². The number of amidine groups is 1. The number of anilines is 1. The van der Waals surface area contributed by atoms with E-state index in [1.807, 2.05) is 67.6 Å².